The van der Waals surface area contributed by atoms with Gasteiger partial charge < -0.3 is 23.4 Å². The molecule has 1 aliphatic carbocycles. The lowest BCUT2D eigenvalue weighted by Gasteiger charge is -2.40. The van der Waals surface area contributed by atoms with Gasteiger partial charge in [0.1, 0.15) is 28.2 Å². The number of furan rings is 2. The summed E-state index contributed by atoms with van der Waals surface area (Å²) in [5.41, 5.74) is 17.8. The first-order valence-electron chi connectivity index (χ1n) is 24.5. The third kappa shape index (κ3) is 5.82. The molecule has 2 aliphatic rings. The molecule has 3 heterocycles. The van der Waals surface area contributed by atoms with Crippen molar-refractivity contribution in [1.29, 1.82) is 0 Å². The van der Waals surface area contributed by atoms with Crippen LogP contribution in [-0.2, 0) is 5.41 Å². The molecule has 1 aliphatic heterocycles. The molecule has 0 amide bonds. The van der Waals surface area contributed by atoms with Crippen molar-refractivity contribution in [2.75, 3.05) is 9.80 Å². The molecule has 0 bridgehead atoms. The van der Waals surface area contributed by atoms with Gasteiger partial charge in [-0.15, -0.1) is 0 Å². The molecule has 15 rings (SSSR count). The first-order chi connectivity index (χ1) is 35.7. The number of ether oxygens (including phenoxy) is 1. The molecule has 11 aromatic carbocycles. The fraction of sp³-hybridized carbons (Fsp3) is 0.0149. The second-order valence-corrected chi connectivity index (χ2v) is 18.7. The molecule has 5 nitrogen and oxygen atoms in total. The summed E-state index contributed by atoms with van der Waals surface area (Å²) in [7, 11) is 0. The Bertz CT molecular complexity index is 4180. The van der Waals surface area contributed by atoms with Crippen LogP contribution in [0.5, 0.6) is 11.5 Å². The van der Waals surface area contributed by atoms with Crippen molar-refractivity contribution >= 4 is 78.0 Å². The lowest BCUT2D eigenvalue weighted by atomic mass is 9.66. The fourth-order valence-electron chi connectivity index (χ4n) is 11.9. The van der Waals surface area contributed by atoms with Gasteiger partial charge >= 0.3 is 0 Å². The van der Waals surface area contributed by atoms with Gasteiger partial charge in [0.2, 0.25) is 0 Å². The zero-order valence-electron chi connectivity index (χ0n) is 38.9. The standard InChI is InChI=1S/C67H42N2O3/c1-3-18-44(19-4-1)68(45-20-5-2-6-21-45)46-36-34-43(35-37-46)48-39-40-58(64-53-25-10-15-32-61(53)72-66(48)64)69(59-30-17-26-52-51-24-9-14-31-60(51)71-65(52)59)47-38-41-63-57(42-47)67(56-29-13-16-33-62(56)70-63)54-27-11-7-22-49(54)50-23-8-12-28-55(50)67/h1-42H. The number of rotatable bonds is 7. The molecule has 13 aromatic rings. The normalized spacial score (nSPS) is 12.9. The van der Waals surface area contributed by atoms with E-state index in [1.165, 1.54) is 22.3 Å². The Balaban J connectivity index is 0.977. The topological polar surface area (TPSA) is 42.0 Å². The Kier molecular flexibility index (Phi) is 8.80. The van der Waals surface area contributed by atoms with E-state index in [4.69, 9.17) is 13.6 Å². The first-order valence-corrected chi connectivity index (χ1v) is 24.5. The summed E-state index contributed by atoms with van der Waals surface area (Å²) in [5, 5.41) is 4.13. The summed E-state index contributed by atoms with van der Waals surface area (Å²) < 4.78 is 20.9. The number of hydrogen-bond acceptors (Lipinski definition) is 5. The Morgan fingerprint density at radius 1 is 0.306 bits per heavy atom. The van der Waals surface area contributed by atoms with Crippen LogP contribution in [0.3, 0.4) is 0 Å². The highest BCUT2D eigenvalue weighted by Crippen LogP contribution is 2.63. The lowest BCUT2D eigenvalue weighted by molar-refractivity contribution is 0.436. The summed E-state index contributed by atoms with van der Waals surface area (Å²) in [6.07, 6.45) is 0. The molecule has 2 aromatic heterocycles. The van der Waals surface area contributed by atoms with E-state index in [1.54, 1.807) is 0 Å². The molecule has 0 radical (unpaired) electrons. The molecule has 1 spiro atoms. The van der Waals surface area contributed by atoms with Gasteiger partial charge in [-0.05, 0) is 119 Å². The lowest BCUT2D eigenvalue weighted by Crippen LogP contribution is -2.32. The van der Waals surface area contributed by atoms with Crippen LogP contribution in [0.4, 0.5) is 34.1 Å². The van der Waals surface area contributed by atoms with Crippen molar-refractivity contribution in [2.24, 2.45) is 0 Å². The fourth-order valence-corrected chi connectivity index (χ4v) is 11.9. The highest BCUT2D eigenvalue weighted by Gasteiger charge is 2.51. The van der Waals surface area contributed by atoms with Crippen LogP contribution < -0.4 is 14.5 Å². The second kappa shape index (κ2) is 15.7. The van der Waals surface area contributed by atoms with Crippen molar-refractivity contribution in [3.63, 3.8) is 0 Å². The second-order valence-electron chi connectivity index (χ2n) is 18.7. The number of para-hydroxylation sites is 6. The van der Waals surface area contributed by atoms with E-state index < -0.39 is 5.41 Å². The summed E-state index contributed by atoms with van der Waals surface area (Å²) in [5.74, 6) is 1.68. The zero-order valence-corrected chi connectivity index (χ0v) is 38.9. The molecule has 0 N–H and O–H groups in total. The third-order valence-corrected chi connectivity index (χ3v) is 14.9. The maximum Gasteiger partial charge on any atom is 0.159 e. The third-order valence-electron chi connectivity index (χ3n) is 14.9. The maximum absolute atomic E-state index is 7.06. The average molecular weight is 923 g/mol. The molecule has 72 heavy (non-hydrogen) atoms. The summed E-state index contributed by atoms with van der Waals surface area (Å²) in [6, 6.07) is 90.5. The van der Waals surface area contributed by atoms with Crippen LogP contribution in [0.15, 0.2) is 264 Å². The molecule has 338 valence electrons. The Hall–Kier alpha value is -9.58. The van der Waals surface area contributed by atoms with Crippen LogP contribution in [0.25, 0.3) is 66.1 Å². The summed E-state index contributed by atoms with van der Waals surface area (Å²) in [4.78, 5) is 4.66. The monoisotopic (exact) mass is 922 g/mol. The molecular formula is C67H42N2O3. The molecule has 0 atom stereocenters. The zero-order chi connectivity index (χ0) is 47.3. The van der Waals surface area contributed by atoms with E-state index in [1.807, 2.05) is 12.1 Å². The minimum Gasteiger partial charge on any atom is -0.457 e. The molecule has 0 fully saturated rings. The number of anilines is 6. The van der Waals surface area contributed by atoms with Crippen LogP contribution in [-0.4, -0.2) is 0 Å². The minimum absolute atomic E-state index is 0.658. The number of hydrogen-bond donors (Lipinski definition) is 0. The molecular weight excluding hydrogens is 881 g/mol. The summed E-state index contributed by atoms with van der Waals surface area (Å²) >= 11 is 0. The molecule has 0 unspecified atom stereocenters. The highest BCUT2D eigenvalue weighted by molar-refractivity contribution is 6.19. The van der Waals surface area contributed by atoms with E-state index in [9.17, 15) is 0 Å². The maximum atomic E-state index is 7.06. The Labute approximate surface area is 415 Å². The van der Waals surface area contributed by atoms with Crippen LogP contribution >= 0.6 is 0 Å². The van der Waals surface area contributed by atoms with Gasteiger partial charge in [-0.1, -0.05) is 164 Å². The van der Waals surface area contributed by atoms with Gasteiger partial charge in [-0.2, -0.15) is 0 Å². The molecule has 0 saturated heterocycles. The largest absolute Gasteiger partial charge is 0.457 e. The van der Waals surface area contributed by atoms with Crippen molar-refractivity contribution < 1.29 is 13.6 Å². The number of benzene rings is 11. The first kappa shape index (κ1) is 40.3. The van der Waals surface area contributed by atoms with E-state index >= 15 is 0 Å². The van der Waals surface area contributed by atoms with E-state index in [2.05, 4.69) is 252 Å². The van der Waals surface area contributed by atoms with E-state index in [-0.39, 0.29) is 0 Å². The average Bonchev–Trinajstić information content (AvgIpc) is 4.12. The van der Waals surface area contributed by atoms with Gasteiger partial charge in [-0.25, -0.2) is 0 Å². The van der Waals surface area contributed by atoms with Crippen molar-refractivity contribution in [3.8, 4) is 33.8 Å². The minimum atomic E-state index is -0.658. The number of fused-ring (bicyclic) bond motifs is 15. The van der Waals surface area contributed by atoms with E-state index in [0.717, 1.165) is 112 Å². The summed E-state index contributed by atoms with van der Waals surface area (Å²) in [6.45, 7) is 0. The van der Waals surface area contributed by atoms with Crippen molar-refractivity contribution in [1.82, 2.24) is 0 Å². The predicted molar refractivity (Wildman–Crippen MR) is 293 cm³/mol. The van der Waals surface area contributed by atoms with Crippen molar-refractivity contribution in [2.45, 2.75) is 5.41 Å². The van der Waals surface area contributed by atoms with Gasteiger partial charge in [0.15, 0.2) is 5.58 Å². The van der Waals surface area contributed by atoms with Crippen LogP contribution in [0.2, 0.25) is 0 Å². The Morgan fingerprint density at radius 3 is 1.57 bits per heavy atom. The van der Waals surface area contributed by atoms with E-state index in [0.29, 0.717) is 0 Å². The van der Waals surface area contributed by atoms with Crippen LogP contribution in [0, 0.1) is 0 Å². The Morgan fingerprint density at radius 2 is 0.847 bits per heavy atom. The number of nitrogens with zero attached hydrogens (tertiary/aromatic N) is 2. The molecule has 5 heteroatoms. The van der Waals surface area contributed by atoms with Gasteiger partial charge in [0.05, 0.1) is 22.2 Å². The van der Waals surface area contributed by atoms with Gasteiger partial charge in [0, 0.05) is 55.6 Å². The highest BCUT2D eigenvalue weighted by atomic mass is 16.5. The molecule has 0 saturated carbocycles. The smallest absolute Gasteiger partial charge is 0.159 e. The SMILES string of the molecule is c1ccc(N(c2ccccc2)c2ccc(-c3ccc(N(c4ccc5c(c4)C4(c6ccccc6O5)c5ccccc5-c5ccccc54)c4cccc5c4oc4ccccc45)c4c3oc3ccccc34)cc2)cc1. The van der Waals surface area contributed by atoms with Crippen molar-refractivity contribution in [3.05, 3.63) is 277 Å². The van der Waals surface area contributed by atoms with Crippen LogP contribution in [0.1, 0.15) is 22.3 Å². The quantitative estimate of drug-likeness (QED) is 0.159. The van der Waals surface area contributed by atoms with Gasteiger partial charge in [-0.3, -0.25) is 0 Å². The van der Waals surface area contributed by atoms with Gasteiger partial charge in [0.25, 0.3) is 0 Å². The predicted octanol–water partition coefficient (Wildman–Crippen LogP) is 18.6.